The van der Waals surface area contributed by atoms with Gasteiger partial charge in [0.25, 0.3) is 0 Å². The van der Waals surface area contributed by atoms with Gasteiger partial charge in [-0.15, -0.1) is 11.3 Å². The maximum Gasteiger partial charge on any atom is 0.134 e. The van der Waals surface area contributed by atoms with Gasteiger partial charge in [0.2, 0.25) is 0 Å². The first-order valence-corrected chi connectivity index (χ1v) is 10.2. The number of aromatic nitrogens is 3. The lowest BCUT2D eigenvalue weighted by Gasteiger charge is -2.36. The van der Waals surface area contributed by atoms with E-state index in [9.17, 15) is 0 Å². The molecule has 2 saturated heterocycles. The summed E-state index contributed by atoms with van der Waals surface area (Å²) in [6, 6.07) is 2.13. The second kappa shape index (κ2) is 8.28. The Kier molecular flexibility index (Phi) is 5.62. The van der Waals surface area contributed by atoms with E-state index in [2.05, 4.69) is 42.6 Å². The van der Waals surface area contributed by atoms with E-state index in [0.29, 0.717) is 0 Å². The van der Waals surface area contributed by atoms with Crippen LogP contribution >= 0.6 is 11.3 Å². The van der Waals surface area contributed by atoms with Crippen LogP contribution in [0.4, 0.5) is 11.6 Å². The Morgan fingerprint density at radius 3 is 2.31 bits per heavy atom. The molecule has 0 spiro atoms. The van der Waals surface area contributed by atoms with E-state index in [4.69, 9.17) is 4.74 Å². The number of aryl methyl sites for hydroxylation is 1. The smallest absolute Gasteiger partial charge is 0.134 e. The van der Waals surface area contributed by atoms with Gasteiger partial charge < -0.3 is 14.5 Å². The molecule has 0 saturated carbocycles. The number of hydrogen-bond donors (Lipinski definition) is 0. The molecule has 26 heavy (non-hydrogen) atoms. The Bertz CT molecular complexity index is 709. The number of rotatable bonds is 5. The third-order valence-corrected chi connectivity index (χ3v) is 6.16. The number of nitrogens with zero attached hydrogens (tertiary/aromatic N) is 6. The van der Waals surface area contributed by atoms with E-state index in [-0.39, 0.29) is 0 Å². The van der Waals surface area contributed by atoms with Crippen molar-refractivity contribution in [2.75, 3.05) is 68.8 Å². The molecule has 0 atom stereocenters. The first-order chi connectivity index (χ1) is 12.8. The van der Waals surface area contributed by atoms with E-state index in [1.165, 1.54) is 10.6 Å². The van der Waals surface area contributed by atoms with Crippen LogP contribution in [0.2, 0.25) is 0 Å². The Hall–Kier alpha value is -1.77. The number of morpholine rings is 1. The van der Waals surface area contributed by atoms with Gasteiger partial charge in [-0.05, 0) is 13.3 Å². The summed E-state index contributed by atoms with van der Waals surface area (Å²) in [4.78, 5) is 21.9. The zero-order valence-corrected chi connectivity index (χ0v) is 16.1. The lowest BCUT2D eigenvalue weighted by atomic mass is 10.2. The van der Waals surface area contributed by atoms with Crippen molar-refractivity contribution in [2.45, 2.75) is 13.3 Å². The van der Waals surface area contributed by atoms with E-state index >= 15 is 0 Å². The molecule has 0 aliphatic carbocycles. The van der Waals surface area contributed by atoms with Crippen LogP contribution in [-0.2, 0) is 11.2 Å². The van der Waals surface area contributed by atoms with Crippen molar-refractivity contribution in [3.63, 3.8) is 0 Å². The number of thiazole rings is 1. The van der Waals surface area contributed by atoms with E-state index < -0.39 is 0 Å². The van der Waals surface area contributed by atoms with Crippen molar-refractivity contribution in [3.8, 4) is 0 Å². The minimum absolute atomic E-state index is 0.775. The zero-order chi connectivity index (χ0) is 17.8. The lowest BCUT2D eigenvalue weighted by Crippen LogP contribution is -2.47. The Labute approximate surface area is 158 Å². The maximum atomic E-state index is 5.43. The second-order valence-corrected chi connectivity index (χ2v) is 7.71. The van der Waals surface area contributed by atoms with Crippen LogP contribution in [-0.4, -0.2) is 78.9 Å². The lowest BCUT2D eigenvalue weighted by molar-refractivity contribution is 0.122. The number of piperazine rings is 1. The van der Waals surface area contributed by atoms with Gasteiger partial charge in [0.05, 0.1) is 24.4 Å². The highest BCUT2D eigenvalue weighted by Gasteiger charge is 2.20. The van der Waals surface area contributed by atoms with Gasteiger partial charge in [-0.2, -0.15) is 0 Å². The Morgan fingerprint density at radius 1 is 0.962 bits per heavy atom. The molecular formula is C18H26N6OS. The molecule has 0 bridgehead atoms. The monoisotopic (exact) mass is 374 g/mol. The van der Waals surface area contributed by atoms with Crippen LogP contribution in [0, 0.1) is 6.92 Å². The van der Waals surface area contributed by atoms with Crippen molar-refractivity contribution < 1.29 is 4.74 Å². The normalized spacial score (nSPS) is 19.1. The molecule has 0 N–H and O–H groups in total. The first kappa shape index (κ1) is 17.6. The highest BCUT2D eigenvalue weighted by molar-refractivity contribution is 7.09. The minimum Gasteiger partial charge on any atom is -0.378 e. The van der Waals surface area contributed by atoms with Crippen LogP contribution in [0.25, 0.3) is 0 Å². The van der Waals surface area contributed by atoms with Crippen LogP contribution < -0.4 is 9.80 Å². The zero-order valence-electron chi connectivity index (χ0n) is 15.3. The van der Waals surface area contributed by atoms with Crippen LogP contribution in [0.1, 0.15) is 10.6 Å². The van der Waals surface area contributed by atoms with Gasteiger partial charge in [-0.3, -0.25) is 4.90 Å². The molecule has 0 aromatic carbocycles. The third-order valence-electron chi connectivity index (χ3n) is 5.17. The molecule has 2 aliphatic rings. The van der Waals surface area contributed by atoms with Crippen molar-refractivity contribution >= 4 is 23.0 Å². The Morgan fingerprint density at radius 2 is 1.65 bits per heavy atom. The Balaban J connectivity index is 1.31. The van der Waals surface area contributed by atoms with Gasteiger partial charge in [0.15, 0.2) is 0 Å². The summed E-state index contributed by atoms with van der Waals surface area (Å²) in [5.41, 5.74) is 3.13. The molecule has 140 valence electrons. The highest BCUT2D eigenvalue weighted by Crippen LogP contribution is 2.20. The molecule has 4 rings (SSSR count). The number of ether oxygens (including phenoxy) is 1. The molecule has 2 aromatic rings. The minimum atomic E-state index is 0.775. The molecule has 0 unspecified atom stereocenters. The van der Waals surface area contributed by atoms with Gasteiger partial charge in [-0.1, -0.05) is 0 Å². The SMILES string of the molecule is Cc1ncsc1CCN1CCN(c2cc(N3CCOCC3)ncn2)CC1. The van der Waals surface area contributed by atoms with Crippen molar-refractivity contribution in [2.24, 2.45) is 0 Å². The molecule has 2 fully saturated rings. The summed E-state index contributed by atoms with van der Waals surface area (Å²) < 4.78 is 5.43. The largest absolute Gasteiger partial charge is 0.378 e. The van der Waals surface area contributed by atoms with Gasteiger partial charge in [0.1, 0.15) is 18.0 Å². The van der Waals surface area contributed by atoms with E-state index in [1.54, 1.807) is 17.7 Å². The third kappa shape index (κ3) is 4.13. The molecule has 8 heteroatoms. The van der Waals surface area contributed by atoms with Crippen molar-refractivity contribution in [3.05, 3.63) is 28.5 Å². The average Bonchev–Trinajstić information content (AvgIpc) is 3.12. The quantitative estimate of drug-likeness (QED) is 0.785. The fraction of sp³-hybridized carbons (Fsp3) is 0.611. The fourth-order valence-corrected chi connectivity index (χ4v) is 4.27. The topological polar surface area (TPSA) is 57.6 Å². The molecule has 0 radical (unpaired) electrons. The van der Waals surface area contributed by atoms with Gasteiger partial charge >= 0.3 is 0 Å². The van der Waals surface area contributed by atoms with Crippen LogP contribution in [0.15, 0.2) is 17.9 Å². The maximum absolute atomic E-state index is 5.43. The van der Waals surface area contributed by atoms with Crippen LogP contribution in [0.5, 0.6) is 0 Å². The summed E-state index contributed by atoms with van der Waals surface area (Å²) in [5.74, 6) is 2.06. The number of anilines is 2. The summed E-state index contributed by atoms with van der Waals surface area (Å²) >= 11 is 1.77. The highest BCUT2D eigenvalue weighted by atomic mass is 32.1. The van der Waals surface area contributed by atoms with E-state index in [1.807, 2.05) is 5.51 Å². The predicted molar refractivity (Wildman–Crippen MR) is 104 cm³/mol. The summed E-state index contributed by atoms with van der Waals surface area (Å²) in [5, 5.41) is 0. The van der Waals surface area contributed by atoms with E-state index in [0.717, 1.165) is 77.1 Å². The van der Waals surface area contributed by atoms with Gasteiger partial charge in [-0.25, -0.2) is 15.0 Å². The summed E-state index contributed by atoms with van der Waals surface area (Å²) in [6.07, 6.45) is 2.80. The van der Waals surface area contributed by atoms with Crippen molar-refractivity contribution in [1.29, 1.82) is 0 Å². The van der Waals surface area contributed by atoms with Crippen LogP contribution in [0.3, 0.4) is 0 Å². The standard InChI is InChI=1S/C18H26N6OS/c1-15-16(26-14-21-15)2-3-22-4-6-23(7-5-22)17-12-18(20-13-19-17)24-8-10-25-11-9-24/h12-14H,2-11H2,1H3. The van der Waals surface area contributed by atoms with Gasteiger partial charge in [0, 0.05) is 56.8 Å². The first-order valence-electron chi connectivity index (χ1n) is 9.30. The summed E-state index contributed by atoms with van der Waals surface area (Å²) in [6.45, 7) is 10.8. The molecule has 7 nitrogen and oxygen atoms in total. The molecule has 4 heterocycles. The number of hydrogen-bond acceptors (Lipinski definition) is 8. The predicted octanol–water partition coefficient (Wildman–Crippen LogP) is 1.44. The molecule has 0 amide bonds. The molecule has 2 aliphatic heterocycles. The fourth-order valence-electron chi connectivity index (χ4n) is 3.50. The second-order valence-electron chi connectivity index (χ2n) is 6.77. The van der Waals surface area contributed by atoms with Crippen molar-refractivity contribution in [1.82, 2.24) is 19.9 Å². The molecule has 2 aromatic heterocycles. The summed E-state index contributed by atoms with van der Waals surface area (Å²) in [7, 11) is 0. The molecular weight excluding hydrogens is 348 g/mol. The average molecular weight is 375 g/mol.